The number of nitro benzene ring substituents is 1. The molecule has 0 atom stereocenters. The molecule has 0 aliphatic heterocycles. The Bertz CT molecular complexity index is 896. The van der Waals surface area contributed by atoms with Crippen LogP contribution in [0.25, 0.3) is 4.96 Å². The van der Waals surface area contributed by atoms with Crippen molar-refractivity contribution in [1.29, 1.82) is 0 Å². The van der Waals surface area contributed by atoms with Crippen molar-refractivity contribution >= 4 is 32.8 Å². The third-order valence-corrected chi connectivity index (χ3v) is 3.44. The summed E-state index contributed by atoms with van der Waals surface area (Å²) in [6.07, 6.45) is 0. The Labute approximate surface area is 122 Å². The van der Waals surface area contributed by atoms with E-state index in [1.54, 1.807) is 22.7 Å². The van der Waals surface area contributed by atoms with Gasteiger partial charge in [-0.3, -0.25) is 10.1 Å². The van der Waals surface area contributed by atoms with Crippen molar-refractivity contribution in [1.82, 2.24) is 14.6 Å². The summed E-state index contributed by atoms with van der Waals surface area (Å²) in [6.45, 7) is 1.85. The van der Waals surface area contributed by atoms with Crippen LogP contribution >= 0.6 is 11.3 Å². The molecule has 0 spiro atoms. The molecule has 0 radical (unpaired) electrons. The van der Waals surface area contributed by atoms with Gasteiger partial charge in [0.2, 0.25) is 10.1 Å². The summed E-state index contributed by atoms with van der Waals surface area (Å²) >= 11 is 1.27. The predicted octanol–water partition coefficient (Wildman–Crippen LogP) is 1.82. The first-order valence-electron chi connectivity index (χ1n) is 5.95. The molecule has 3 aromatic rings. The third-order valence-electron chi connectivity index (χ3n) is 2.71. The molecule has 1 aromatic carbocycles. The zero-order chi connectivity index (χ0) is 15.0. The van der Waals surface area contributed by atoms with Crippen LogP contribution in [0.5, 0.6) is 0 Å². The van der Waals surface area contributed by atoms with Gasteiger partial charge in [0.1, 0.15) is 0 Å². The van der Waals surface area contributed by atoms with Crippen LogP contribution in [0.15, 0.2) is 35.3 Å². The van der Waals surface area contributed by atoms with Crippen molar-refractivity contribution in [3.63, 3.8) is 0 Å². The minimum atomic E-state index is -0.450. The molecule has 2 heterocycles. The molecule has 0 bridgehead atoms. The molecule has 0 amide bonds. The highest BCUT2D eigenvalue weighted by Crippen LogP contribution is 2.18. The summed E-state index contributed by atoms with van der Waals surface area (Å²) in [7, 11) is 0. The Morgan fingerprint density at radius 1 is 1.38 bits per heavy atom. The molecular formula is C12H10N6O2S. The first-order valence-corrected chi connectivity index (χ1v) is 6.77. The van der Waals surface area contributed by atoms with Crippen LogP contribution in [0.1, 0.15) is 5.69 Å². The Morgan fingerprint density at radius 2 is 2.10 bits per heavy atom. The zero-order valence-corrected chi connectivity index (χ0v) is 11.7. The van der Waals surface area contributed by atoms with Crippen LogP contribution < -0.4 is 11.2 Å². The van der Waals surface area contributed by atoms with E-state index in [0.717, 1.165) is 5.69 Å². The molecule has 0 aliphatic carbocycles. The van der Waals surface area contributed by atoms with Crippen molar-refractivity contribution in [3.8, 4) is 0 Å². The molecule has 2 N–H and O–H groups in total. The van der Waals surface area contributed by atoms with Gasteiger partial charge < -0.3 is 5.73 Å². The summed E-state index contributed by atoms with van der Waals surface area (Å²) in [5, 5.41) is 15.2. The fraction of sp³-hybridized carbons (Fsp3) is 0.0833. The second-order valence-corrected chi connectivity index (χ2v) is 5.26. The lowest BCUT2D eigenvalue weighted by atomic mass is 10.3. The van der Waals surface area contributed by atoms with Gasteiger partial charge in [-0.25, -0.2) is 9.98 Å². The first kappa shape index (κ1) is 13.2. The lowest BCUT2D eigenvalue weighted by Crippen LogP contribution is -2.16. The normalized spacial score (nSPS) is 12.0. The van der Waals surface area contributed by atoms with E-state index in [9.17, 15) is 10.1 Å². The van der Waals surface area contributed by atoms with Gasteiger partial charge in [0, 0.05) is 23.9 Å². The standard InChI is InChI=1S/C12H10N6O2S/c1-7-6-10(17-12(14-7)21-11(13)16-17)15-8-2-4-9(5-3-8)18(19)20/h2-6H,1H3,(H2,13,16). The maximum absolute atomic E-state index is 10.6. The number of nitro groups is 1. The number of nitrogen functional groups attached to an aromatic ring is 1. The van der Waals surface area contributed by atoms with Gasteiger partial charge in [-0.1, -0.05) is 11.3 Å². The number of aryl methyl sites for hydroxylation is 1. The lowest BCUT2D eigenvalue weighted by molar-refractivity contribution is -0.384. The summed E-state index contributed by atoms with van der Waals surface area (Å²) in [4.78, 5) is 19.6. The number of hydrogen-bond donors (Lipinski definition) is 1. The maximum atomic E-state index is 10.6. The van der Waals surface area contributed by atoms with Crippen molar-refractivity contribution in [3.05, 3.63) is 51.6 Å². The number of rotatable bonds is 2. The Balaban J connectivity index is 2.16. The maximum Gasteiger partial charge on any atom is 0.269 e. The second kappa shape index (κ2) is 4.94. The van der Waals surface area contributed by atoms with Crippen molar-refractivity contribution in [2.24, 2.45) is 4.99 Å². The fourth-order valence-electron chi connectivity index (χ4n) is 1.81. The molecule has 0 unspecified atom stereocenters. The quantitative estimate of drug-likeness (QED) is 0.573. The monoisotopic (exact) mass is 302 g/mol. The first-order chi connectivity index (χ1) is 10.0. The molecule has 0 saturated heterocycles. The Morgan fingerprint density at radius 3 is 2.76 bits per heavy atom. The largest absolute Gasteiger partial charge is 0.374 e. The number of nitrogens with two attached hydrogens (primary N) is 1. The minimum absolute atomic E-state index is 0.0237. The van der Waals surface area contributed by atoms with E-state index in [4.69, 9.17) is 5.73 Å². The molecular weight excluding hydrogens is 292 g/mol. The Kier molecular flexibility index (Phi) is 3.10. The molecule has 0 saturated carbocycles. The third kappa shape index (κ3) is 2.58. The molecule has 2 aromatic heterocycles. The van der Waals surface area contributed by atoms with Gasteiger partial charge in [0.15, 0.2) is 5.49 Å². The van der Waals surface area contributed by atoms with Crippen molar-refractivity contribution in [2.75, 3.05) is 5.73 Å². The number of nitrogens with zero attached hydrogens (tertiary/aromatic N) is 5. The highest BCUT2D eigenvalue weighted by Gasteiger charge is 2.06. The van der Waals surface area contributed by atoms with Gasteiger partial charge in [-0.05, 0) is 19.1 Å². The van der Waals surface area contributed by atoms with Crippen LogP contribution in [0.2, 0.25) is 0 Å². The van der Waals surface area contributed by atoms with Crippen LogP contribution in [0.3, 0.4) is 0 Å². The molecule has 0 fully saturated rings. The number of non-ortho nitro benzene ring substituents is 1. The van der Waals surface area contributed by atoms with Gasteiger partial charge in [0.25, 0.3) is 5.69 Å². The summed E-state index contributed by atoms with van der Waals surface area (Å²) in [6, 6.07) is 7.74. The van der Waals surface area contributed by atoms with E-state index in [1.165, 1.54) is 23.5 Å². The average Bonchev–Trinajstić information content (AvgIpc) is 2.79. The molecule has 8 nitrogen and oxygen atoms in total. The number of anilines is 1. The summed E-state index contributed by atoms with van der Waals surface area (Å²) in [5.74, 6) is 0. The smallest absolute Gasteiger partial charge is 0.269 e. The van der Waals surface area contributed by atoms with Crippen LogP contribution in [0, 0.1) is 17.0 Å². The van der Waals surface area contributed by atoms with Crippen LogP contribution in [-0.4, -0.2) is 19.5 Å². The molecule has 0 aliphatic rings. The highest BCUT2D eigenvalue weighted by molar-refractivity contribution is 7.20. The predicted molar refractivity (Wildman–Crippen MR) is 78.3 cm³/mol. The minimum Gasteiger partial charge on any atom is -0.374 e. The van der Waals surface area contributed by atoms with E-state index in [0.29, 0.717) is 21.3 Å². The van der Waals surface area contributed by atoms with Crippen LogP contribution in [0.4, 0.5) is 16.5 Å². The van der Waals surface area contributed by atoms with Gasteiger partial charge in [0.05, 0.1) is 10.6 Å². The number of fused-ring (bicyclic) bond motifs is 1. The number of benzene rings is 1. The second-order valence-electron chi connectivity index (χ2n) is 4.28. The molecule has 3 rings (SSSR count). The summed E-state index contributed by atoms with van der Waals surface area (Å²) in [5.41, 5.74) is 7.66. The highest BCUT2D eigenvalue weighted by atomic mass is 32.1. The van der Waals surface area contributed by atoms with E-state index in [2.05, 4.69) is 15.1 Å². The van der Waals surface area contributed by atoms with Crippen LogP contribution in [-0.2, 0) is 0 Å². The fourth-order valence-corrected chi connectivity index (χ4v) is 2.53. The van der Waals surface area contributed by atoms with E-state index in [-0.39, 0.29) is 5.69 Å². The SMILES string of the molecule is Cc1cc(=Nc2ccc([N+](=O)[O-])cc2)n2nc(N)sc2n1. The number of aromatic nitrogens is 3. The van der Waals surface area contributed by atoms with E-state index < -0.39 is 4.92 Å². The van der Waals surface area contributed by atoms with Gasteiger partial charge in [-0.15, -0.1) is 5.10 Å². The molecule has 9 heteroatoms. The Hall–Kier alpha value is -2.81. The van der Waals surface area contributed by atoms with Crippen molar-refractivity contribution in [2.45, 2.75) is 6.92 Å². The van der Waals surface area contributed by atoms with Crippen molar-refractivity contribution < 1.29 is 4.92 Å². The lowest BCUT2D eigenvalue weighted by Gasteiger charge is -1.97. The topological polar surface area (TPSA) is 112 Å². The average molecular weight is 302 g/mol. The zero-order valence-electron chi connectivity index (χ0n) is 10.9. The number of hydrogen-bond acceptors (Lipinski definition) is 7. The van der Waals surface area contributed by atoms with E-state index in [1.807, 2.05) is 6.92 Å². The van der Waals surface area contributed by atoms with Gasteiger partial charge in [-0.2, -0.15) is 4.52 Å². The molecule has 21 heavy (non-hydrogen) atoms. The van der Waals surface area contributed by atoms with Gasteiger partial charge >= 0.3 is 0 Å². The molecule has 106 valence electrons. The van der Waals surface area contributed by atoms with E-state index >= 15 is 0 Å². The summed E-state index contributed by atoms with van der Waals surface area (Å²) < 4.78 is 1.55.